The van der Waals surface area contributed by atoms with Crippen molar-refractivity contribution in [3.63, 3.8) is 0 Å². The van der Waals surface area contributed by atoms with Crippen molar-refractivity contribution in [2.45, 2.75) is 18.9 Å². The highest BCUT2D eigenvalue weighted by Gasteiger charge is 2.23. The van der Waals surface area contributed by atoms with Crippen LogP contribution in [0.1, 0.15) is 12.8 Å². The van der Waals surface area contributed by atoms with Gasteiger partial charge in [-0.3, -0.25) is 0 Å². The minimum Gasteiger partial charge on any atom is -0.363 e. The summed E-state index contributed by atoms with van der Waals surface area (Å²) < 4.78 is 13.9. The van der Waals surface area contributed by atoms with Gasteiger partial charge < -0.3 is 15.1 Å². The minimum absolute atomic E-state index is 0.169. The number of aromatic nitrogens is 3. The second kappa shape index (κ2) is 6.76. The lowest BCUT2D eigenvalue weighted by Crippen LogP contribution is -2.43. The molecule has 1 unspecified atom stereocenters. The first-order chi connectivity index (χ1) is 11.1. The molecule has 0 saturated carbocycles. The van der Waals surface area contributed by atoms with E-state index in [9.17, 15) is 4.39 Å². The molecule has 0 spiro atoms. The van der Waals surface area contributed by atoms with E-state index in [4.69, 9.17) is 0 Å². The first-order valence-corrected chi connectivity index (χ1v) is 7.76. The molecule has 23 heavy (non-hydrogen) atoms. The topological polar surface area (TPSA) is 57.2 Å². The van der Waals surface area contributed by atoms with E-state index < -0.39 is 0 Å². The largest absolute Gasteiger partial charge is 0.363 e. The van der Waals surface area contributed by atoms with Crippen LogP contribution in [0.15, 0.2) is 30.6 Å². The molecule has 122 valence electrons. The zero-order valence-corrected chi connectivity index (χ0v) is 13.4. The van der Waals surface area contributed by atoms with Crippen LogP contribution < -0.4 is 15.1 Å². The van der Waals surface area contributed by atoms with E-state index in [1.54, 1.807) is 18.5 Å². The van der Waals surface area contributed by atoms with Crippen LogP contribution in [0.25, 0.3) is 0 Å². The summed E-state index contributed by atoms with van der Waals surface area (Å²) in [6, 6.07) is 5.09. The summed E-state index contributed by atoms with van der Waals surface area (Å²) in [5.41, 5.74) is 0. The number of hydrogen-bond acceptors (Lipinski definition) is 6. The molecule has 1 fully saturated rings. The molecule has 7 heteroatoms. The number of anilines is 3. The molecule has 2 aromatic rings. The zero-order valence-electron chi connectivity index (χ0n) is 13.4. The molecule has 6 nitrogen and oxygen atoms in total. The van der Waals surface area contributed by atoms with Gasteiger partial charge >= 0.3 is 0 Å². The summed E-state index contributed by atoms with van der Waals surface area (Å²) in [4.78, 5) is 16.8. The molecule has 1 saturated heterocycles. The van der Waals surface area contributed by atoms with E-state index in [0.29, 0.717) is 18.3 Å². The molecule has 0 radical (unpaired) electrons. The van der Waals surface area contributed by atoms with Gasteiger partial charge in [0.25, 0.3) is 0 Å². The van der Waals surface area contributed by atoms with Gasteiger partial charge in [0.1, 0.15) is 5.82 Å². The Labute approximate surface area is 135 Å². The van der Waals surface area contributed by atoms with Gasteiger partial charge in [0.05, 0.1) is 0 Å². The van der Waals surface area contributed by atoms with Crippen molar-refractivity contribution in [2.75, 3.05) is 42.3 Å². The maximum atomic E-state index is 13.9. The number of piperidine rings is 1. The normalized spacial score (nSPS) is 17.9. The summed E-state index contributed by atoms with van der Waals surface area (Å²) in [7, 11) is 3.89. The van der Waals surface area contributed by atoms with Gasteiger partial charge in [-0.1, -0.05) is 0 Å². The van der Waals surface area contributed by atoms with E-state index in [1.807, 2.05) is 30.0 Å². The molecule has 0 bridgehead atoms. The molecule has 1 N–H and O–H groups in total. The second-order valence-corrected chi connectivity index (χ2v) is 5.87. The lowest BCUT2D eigenvalue weighted by molar-refractivity contribution is 0.512. The van der Waals surface area contributed by atoms with Crippen LogP contribution >= 0.6 is 0 Å². The molecule has 1 atom stereocenters. The third-order valence-corrected chi connectivity index (χ3v) is 3.89. The maximum Gasteiger partial charge on any atom is 0.224 e. The standard InChI is InChI=1S/C16H21FN6/c1-22(2)14-7-9-19-16(21-14)20-12-5-4-10-23(11-12)15-13(17)6-3-8-18-15/h3,6-9,12H,4-5,10-11H2,1-2H3,(H,19,20,21). The fraction of sp³-hybridized carbons (Fsp3) is 0.438. The first kappa shape index (κ1) is 15.5. The Balaban J connectivity index is 1.70. The fourth-order valence-corrected chi connectivity index (χ4v) is 2.75. The Kier molecular flexibility index (Phi) is 4.55. The van der Waals surface area contributed by atoms with Gasteiger partial charge in [0, 0.05) is 45.6 Å². The lowest BCUT2D eigenvalue weighted by atomic mass is 10.1. The number of nitrogens with zero attached hydrogens (tertiary/aromatic N) is 5. The SMILES string of the molecule is CN(C)c1ccnc(NC2CCCN(c3ncccc3F)C2)n1. The maximum absolute atomic E-state index is 13.9. The van der Waals surface area contributed by atoms with Crippen LogP contribution in [-0.4, -0.2) is 48.2 Å². The monoisotopic (exact) mass is 316 g/mol. The summed E-state index contributed by atoms with van der Waals surface area (Å²) in [6.07, 6.45) is 5.34. The van der Waals surface area contributed by atoms with Crippen molar-refractivity contribution in [3.8, 4) is 0 Å². The highest BCUT2D eigenvalue weighted by Crippen LogP contribution is 2.22. The fourth-order valence-electron chi connectivity index (χ4n) is 2.75. The number of halogens is 1. The number of nitrogens with one attached hydrogen (secondary N) is 1. The van der Waals surface area contributed by atoms with Crippen molar-refractivity contribution < 1.29 is 4.39 Å². The van der Waals surface area contributed by atoms with E-state index >= 15 is 0 Å². The number of hydrogen-bond donors (Lipinski definition) is 1. The van der Waals surface area contributed by atoms with Crippen molar-refractivity contribution in [2.24, 2.45) is 0 Å². The molecule has 0 aliphatic carbocycles. The van der Waals surface area contributed by atoms with Crippen LogP contribution in [0.5, 0.6) is 0 Å². The van der Waals surface area contributed by atoms with Crippen molar-refractivity contribution >= 4 is 17.6 Å². The molecule has 0 aromatic carbocycles. The first-order valence-electron chi connectivity index (χ1n) is 7.76. The lowest BCUT2D eigenvalue weighted by Gasteiger charge is -2.34. The third-order valence-electron chi connectivity index (χ3n) is 3.89. The van der Waals surface area contributed by atoms with Crippen LogP contribution in [0.2, 0.25) is 0 Å². The number of rotatable bonds is 4. The highest BCUT2D eigenvalue weighted by molar-refractivity contribution is 5.43. The summed E-state index contributed by atoms with van der Waals surface area (Å²) >= 11 is 0. The summed E-state index contributed by atoms with van der Waals surface area (Å²) in [6.45, 7) is 1.49. The van der Waals surface area contributed by atoms with E-state index in [2.05, 4.69) is 20.3 Å². The van der Waals surface area contributed by atoms with Crippen molar-refractivity contribution in [1.29, 1.82) is 0 Å². The van der Waals surface area contributed by atoms with Crippen LogP contribution in [-0.2, 0) is 0 Å². The van der Waals surface area contributed by atoms with Crippen LogP contribution in [0, 0.1) is 5.82 Å². The van der Waals surface area contributed by atoms with Gasteiger partial charge in [-0.25, -0.2) is 14.4 Å². The van der Waals surface area contributed by atoms with E-state index in [-0.39, 0.29) is 11.9 Å². The molecular weight excluding hydrogens is 295 g/mol. The number of pyridine rings is 1. The Bertz CT molecular complexity index is 663. The molecule has 3 heterocycles. The van der Waals surface area contributed by atoms with Gasteiger partial charge in [-0.15, -0.1) is 0 Å². The van der Waals surface area contributed by atoms with E-state index in [0.717, 1.165) is 25.2 Å². The highest BCUT2D eigenvalue weighted by atomic mass is 19.1. The third kappa shape index (κ3) is 3.67. The second-order valence-electron chi connectivity index (χ2n) is 5.87. The molecular formula is C16H21FN6. The predicted molar refractivity (Wildman–Crippen MR) is 89.4 cm³/mol. The molecule has 1 aliphatic rings. The average molecular weight is 316 g/mol. The van der Waals surface area contributed by atoms with Crippen LogP contribution in [0.4, 0.5) is 22.0 Å². The smallest absolute Gasteiger partial charge is 0.224 e. The predicted octanol–water partition coefficient (Wildman–Crippen LogP) is 2.16. The van der Waals surface area contributed by atoms with Crippen molar-refractivity contribution in [3.05, 3.63) is 36.4 Å². The Hall–Kier alpha value is -2.44. The van der Waals surface area contributed by atoms with Gasteiger partial charge in [0.2, 0.25) is 5.95 Å². The minimum atomic E-state index is -0.279. The molecule has 0 amide bonds. The average Bonchev–Trinajstić information content (AvgIpc) is 2.56. The van der Waals surface area contributed by atoms with E-state index in [1.165, 1.54) is 6.07 Å². The zero-order chi connectivity index (χ0) is 16.2. The quantitative estimate of drug-likeness (QED) is 0.933. The Morgan fingerprint density at radius 3 is 2.91 bits per heavy atom. The van der Waals surface area contributed by atoms with Crippen molar-refractivity contribution in [1.82, 2.24) is 15.0 Å². The van der Waals surface area contributed by atoms with Gasteiger partial charge in [-0.2, -0.15) is 4.98 Å². The summed E-state index contributed by atoms with van der Waals surface area (Å²) in [5, 5.41) is 3.35. The molecule has 2 aromatic heterocycles. The molecule has 1 aliphatic heterocycles. The summed E-state index contributed by atoms with van der Waals surface area (Å²) in [5.74, 6) is 1.59. The molecule has 3 rings (SSSR count). The van der Waals surface area contributed by atoms with Gasteiger partial charge in [-0.05, 0) is 31.0 Å². The van der Waals surface area contributed by atoms with Crippen LogP contribution in [0.3, 0.4) is 0 Å². The van der Waals surface area contributed by atoms with Gasteiger partial charge in [0.15, 0.2) is 11.6 Å². The Morgan fingerprint density at radius 2 is 2.13 bits per heavy atom. The Morgan fingerprint density at radius 1 is 1.26 bits per heavy atom.